The highest BCUT2D eigenvalue weighted by molar-refractivity contribution is 6.31. The van der Waals surface area contributed by atoms with Gasteiger partial charge in [0.1, 0.15) is 6.04 Å². The monoisotopic (exact) mass is 448 g/mol. The van der Waals surface area contributed by atoms with Crippen molar-refractivity contribution < 1.29 is 19.2 Å². The maximum atomic E-state index is 13.1. The van der Waals surface area contributed by atoms with E-state index in [4.69, 9.17) is 11.6 Å². The lowest BCUT2D eigenvalue weighted by Crippen LogP contribution is -2.46. The highest BCUT2D eigenvalue weighted by Gasteiger charge is 2.60. The number of carbonyl (C=O) groups excluding carboxylic acids is 4. The number of amides is 3. The second-order valence-electron chi connectivity index (χ2n) is 8.60. The fraction of sp³-hybridized carbons (Fsp3) is 0.280. The summed E-state index contributed by atoms with van der Waals surface area (Å²) in [5.41, 5.74) is 0.975. The quantitative estimate of drug-likeness (QED) is 0.429. The fourth-order valence-electron chi connectivity index (χ4n) is 5.22. The molecule has 7 heteroatoms. The molecule has 1 N–H and O–H groups in total. The summed E-state index contributed by atoms with van der Waals surface area (Å²) in [7, 11) is 0. The van der Waals surface area contributed by atoms with Gasteiger partial charge in [0.05, 0.1) is 17.5 Å². The van der Waals surface area contributed by atoms with Crippen molar-refractivity contribution in [2.24, 2.45) is 23.7 Å². The molecule has 0 unspecified atom stereocenters. The van der Waals surface area contributed by atoms with Gasteiger partial charge in [0.25, 0.3) is 0 Å². The van der Waals surface area contributed by atoms with E-state index in [1.807, 2.05) is 12.2 Å². The lowest BCUT2D eigenvalue weighted by molar-refractivity contribution is -0.146. The maximum absolute atomic E-state index is 13.1. The summed E-state index contributed by atoms with van der Waals surface area (Å²) in [4.78, 5) is 53.2. The third kappa shape index (κ3) is 3.17. The van der Waals surface area contributed by atoms with Crippen LogP contribution in [0.4, 0.5) is 5.69 Å². The average Bonchev–Trinajstić information content (AvgIpc) is 3.48. The normalized spacial score (nSPS) is 26.4. The van der Waals surface area contributed by atoms with E-state index in [-0.39, 0.29) is 52.5 Å². The zero-order valence-corrected chi connectivity index (χ0v) is 18.1. The molecule has 1 saturated carbocycles. The molecule has 1 saturated heterocycles. The van der Waals surface area contributed by atoms with Crippen molar-refractivity contribution in [2.45, 2.75) is 19.4 Å². The summed E-state index contributed by atoms with van der Waals surface area (Å²) in [5, 5.41) is 3.09. The molecular formula is C25H21ClN2O4. The number of halogens is 1. The van der Waals surface area contributed by atoms with Crippen molar-refractivity contribution in [3.05, 3.63) is 76.8 Å². The van der Waals surface area contributed by atoms with Gasteiger partial charge in [-0.1, -0.05) is 54.1 Å². The zero-order chi connectivity index (χ0) is 22.6. The van der Waals surface area contributed by atoms with Gasteiger partial charge < -0.3 is 5.32 Å². The Bertz CT molecular complexity index is 1150. The minimum atomic E-state index is -0.990. The van der Waals surface area contributed by atoms with Gasteiger partial charge in [-0.3, -0.25) is 24.1 Å². The van der Waals surface area contributed by atoms with Crippen molar-refractivity contribution >= 4 is 40.8 Å². The minimum absolute atomic E-state index is 0.0769. The fourth-order valence-corrected chi connectivity index (χ4v) is 5.39. The van der Waals surface area contributed by atoms with Gasteiger partial charge in [-0.05, 0) is 43.4 Å². The predicted octanol–water partition coefficient (Wildman–Crippen LogP) is 3.71. The number of benzene rings is 2. The van der Waals surface area contributed by atoms with E-state index in [1.165, 1.54) is 13.0 Å². The summed E-state index contributed by atoms with van der Waals surface area (Å²) < 4.78 is 0. The van der Waals surface area contributed by atoms with Crippen molar-refractivity contribution in [1.29, 1.82) is 0 Å². The molecule has 3 aliphatic rings. The molecule has 2 aromatic carbocycles. The van der Waals surface area contributed by atoms with E-state index in [1.54, 1.807) is 42.5 Å². The number of nitrogens with zero attached hydrogens (tertiary/aromatic N) is 1. The molecule has 1 aliphatic heterocycles. The van der Waals surface area contributed by atoms with Crippen molar-refractivity contribution in [1.82, 2.24) is 4.90 Å². The van der Waals surface area contributed by atoms with Gasteiger partial charge in [0.15, 0.2) is 5.78 Å². The molecule has 5 atom stereocenters. The molecule has 2 fully saturated rings. The Hall–Kier alpha value is -3.25. The van der Waals surface area contributed by atoms with Gasteiger partial charge in [-0.2, -0.15) is 0 Å². The third-order valence-electron chi connectivity index (χ3n) is 6.79. The largest absolute Gasteiger partial charge is 0.324 e. The van der Waals surface area contributed by atoms with Crippen molar-refractivity contribution in [3.8, 4) is 0 Å². The number of hydrogen-bond acceptors (Lipinski definition) is 4. The molecule has 3 amide bonds. The van der Waals surface area contributed by atoms with Crippen LogP contribution in [-0.2, 0) is 14.4 Å². The molecule has 0 radical (unpaired) electrons. The lowest BCUT2D eigenvalue weighted by Gasteiger charge is -2.24. The first kappa shape index (κ1) is 20.6. The van der Waals surface area contributed by atoms with Gasteiger partial charge >= 0.3 is 0 Å². The predicted molar refractivity (Wildman–Crippen MR) is 119 cm³/mol. The number of rotatable bonds is 5. The van der Waals surface area contributed by atoms with Crippen LogP contribution in [0.15, 0.2) is 60.7 Å². The third-order valence-corrected chi connectivity index (χ3v) is 7.03. The van der Waals surface area contributed by atoms with E-state index in [2.05, 4.69) is 5.32 Å². The zero-order valence-electron chi connectivity index (χ0n) is 17.3. The molecule has 5 rings (SSSR count). The summed E-state index contributed by atoms with van der Waals surface area (Å²) >= 11 is 6.11. The second-order valence-corrected chi connectivity index (χ2v) is 9.03. The van der Waals surface area contributed by atoms with Crippen LogP contribution in [-0.4, -0.2) is 34.4 Å². The molecule has 1 heterocycles. The number of imide groups is 1. The number of carbonyl (C=O) groups is 4. The van der Waals surface area contributed by atoms with Crippen LogP contribution in [0.2, 0.25) is 5.02 Å². The van der Waals surface area contributed by atoms with Gasteiger partial charge in [-0.15, -0.1) is 0 Å². The Balaban J connectivity index is 1.38. The molecule has 162 valence electrons. The summed E-state index contributed by atoms with van der Waals surface area (Å²) in [6.07, 6.45) is 4.86. The molecule has 0 spiro atoms. The van der Waals surface area contributed by atoms with Crippen LogP contribution in [0.5, 0.6) is 0 Å². The molecule has 2 bridgehead atoms. The number of likely N-dealkylation sites (tertiary alicyclic amines) is 1. The standard InChI is InChI=1S/C25H21ClN2O4/c1-13(28-24(31)20-15-7-8-16(11-15)21(20)25(28)32)23(30)27-19-10-9-17(26)12-18(19)22(29)14-5-3-2-4-6-14/h2-10,12-13,15-16,20-21H,11H2,1H3,(H,27,30)/t13-,15-,16+,20-,21+/m0/s1. The summed E-state index contributed by atoms with van der Waals surface area (Å²) in [6, 6.07) is 12.3. The van der Waals surface area contributed by atoms with Crippen molar-refractivity contribution in [2.75, 3.05) is 5.32 Å². The van der Waals surface area contributed by atoms with E-state index >= 15 is 0 Å². The summed E-state index contributed by atoms with van der Waals surface area (Å²) in [6.45, 7) is 1.54. The Morgan fingerprint density at radius 2 is 1.62 bits per heavy atom. The Morgan fingerprint density at radius 1 is 1.00 bits per heavy atom. The number of ketones is 1. The molecular weight excluding hydrogens is 428 g/mol. The molecule has 2 aliphatic carbocycles. The van der Waals surface area contributed by atoms with Gasteiger partial charge in [0, 0.05) is 16.1 Å². The topological polar surface area (TPSA) is 83.6 Å². The van der Waals surface area contributed by atoms with E-state index in [0.717, 1.165) is 11.3 Å². The minimum Gasteiger partial charge on any atom is -0.324 e. The average molecular weight is 449 g/mol. The molecule has 0 aromatic heterocycles. The number of fused-ring (bicyclic) bond motifs is 5. The lowest BCUT2D eigenvalue weighted by atomic mass is 9.85. The SMILES string of the molecule is C[C@@H](C(=O)Nc1ccc(Cl)cc1C(=O)c1ccccc1)N1C(=O)[C@@H]2[C@H](C1=O)[C@@H]1C=C[C@H]2C1. The number of hydrogen-bond donors (Lipinski definition) is 1. The highest BCUT2D eigenvalue weighted by atomic mass is 35.5. The number of anilines is 1. The first-order valence-electron chi connectivity index (χ1n) is 10.6. The van der Waals surface area contributed by atoms with Crippen LogP contribution >= 0.6 is 11.6 Å². The molecule has 6 nitrogen and oxygen atoms in total. The Morgan fingerprint density at radius 3 is 2.25 bits per heavy atom. The smallest absolute Gasteiger partial charge is 0.247 e. The van der Waals surface area contributed by atoms with Crippen LogP contribution in [0.25, 0.3) is 0 Å². The van der Waals surface area contributed by atoms with E-state index in [9.17, 15) is 19.2 Å². The number of nitrogens with one attached hydrogen (secondary N) is 1. The number of allylic oxidation sites excluding steroid dienone is 2. The van der Waals surface area contributed by atoms with Crippen molar-refractivity contribution in [3.63, 3.8) is 0 Å². The first-order chi connectivity index (χ1) is 15.4. The van der Waals surface area contributed by atoms with Crippen LogP contribution in [0.3, 0.4) is 0 Å². The Kier molecular flexibility index (Phi) is 4.97. The van der Waals surface area contributed by atoms with Gasteiger partial charge in [-0.25, -0.2) is 0 Å². The van der Waals surface area contributed by atoms with Crippen LogP contribution in [0.1, 0.15) is 29.3 Å². The maximum Gasteiger partial charge on any atom is 0.247 e. The second kappa shape index (κ2) is 7.71. The van der Waals surface area contributed by atoms with Gasteiger partial charge in [0.2, 0.25) is 17.7 Å². The first-order valence-corrected chi connectivity index (χ1v) is 11.0. The molecule has 2 aromatic rings. The molecule has 32 heavy (non-hydrogen) atoms. The van der Waals surface area contributed by atoms with Crippen LogP contribution < -0.4 is 5.32 Å². The van der Waals surface area contributed by atoms with E-state index < -0.39 is 11.9 Å². The van der Waals surface area contributed by atoms with Crippen LogP contribution in [0, 0.1) is 23.7 Å². The highest BCUT2D eigenvalue weighted by Crippen LogP contribution is 2.52. The van der Waals surface area contributed by atoms with E-state index in [0.29, 0.717) is 10.6 Å². The Labute approximate surface area is 190 Å². The summed E-state index contributed by atoms with van der Waals surface area (Å²) in [5.74, 6) is -1.96.